The minimum atomic E-state index is -0.862. The largest absolute Gasteiger partial charge is 0.480 e. The molecule has 6 heteroatoms. The number of nitrogens with one attached hydrogen (secondary N) is 1. The Morgan fingerprint density at radius 1 is 1.23 bits per heavy atom. The van der Waals surface area contributed by atoms with E-state index in [1.165, 1.54) is 0 Å². The van der Waals surface area contributed by atoms with E-state index in [0.717, 1.165) is 27.7 Å². The number of carboxylic acid groups (broad SMARTS) is 1. The van der Waals surface area contributed by atoms with Gasteiger partial charge in [0.15, 0.2) is 0 Å². The van der Waals surface area contributed by atoms with E-state index in [4.69, 9.17) is 28.3 Å². The average Bonchev–Trinajstić information content (AvgIpc) is 2.87. The maximum Gasteiger partial charge on any atom is 0.320 e. The first-order valence-corrected chi connectivity index (χ1v) is 9.11. The molecular formula is C20H20Cl2N2O2. The molecule has 136 valence electrons. The van der Waals surface area contributed by atoms with Crippen LogP contribution in [0.15, 0.2) is 42.5 Å². The molecule has 1 aromatic heterocycles. The molecule has 26 heavy (non-hydrogen) atoms. The number of aliphatic carboxylic acids is 1. The molecule has 4 nitrogen and oxygen atoms in total. The summed E-state index contributed by atoms with van der Waals surface area (Å²) < 4.78 is 2.20. The Bertz CT molecular complexity index is 966. The molecule has 2 aromatic carbocycles. The fourth-order valence-electron chi connectivity index (χ4n) is 3.09. The van der Waals surface area contributed by atoms with Crippen molar-refractivity contribution < 1.29 is 9.90 Å². The quantitative estimate of drug-likeness (QED) is 0.631. The summed E-state index contributed by atoms with van der Waals surface area (Å²) in [5, 5.41) is 14.5. The summed E-state index contributed by atoms with van der Waals surface area (Å²) in [6.45, 7) is 4.80. The Morgan fingerprint density at radius 2 is 1.96 bits per heavy atom. The van der Waals surface area contributed by atoms with Gasteiger partial charge in [0.1, 0.15) is 6.04 Å². The summed E-state index contributed by atoms with van der Waals surface area (Å²) in [6.07, 6.45) is 0. The van der Waals surface area contributed by atoms with Crippen LogP contribution in [0.3, 0.4) is 0 Å². The first-order chi connectivity index (χ1) is 12.4. The number of hydrogen-bond acceptors (Lipinski definition) is 2. The maximum absolute atomic E-state index is 11.1. The molecule has 0 radical (unpaired) electrons. The molecule has 0 aliphatic rings. The molecule has 2 N–H and O–H groups in total. The monoisotopic (exact) mass is 390 g/mol. The highest BCUT2D eigenvalue weighted by atomic mass is 35.5. The van der Waals surface area contributed by atoms with Crippen molar-refractivity contribution >= 4 is 40.1 Å². The van der Waals surface area contributed by atoms with Crippen molar-refractivity contribution in [2.75, 3.05) is 0 Å². The van der Waals surface area contributed by atoms with Gasteiger partial charge in [-0.1, -0.05) is 47.5 Å². The maximum atomic E-state index is 11.1. The van der Waals surface area contributed by atoms with E-state index in [-0.39, 0.29) is 0 Å². The Balaban J connectivity index is 2.00. The van der Waals surface area contributed by atoms with Crippen LogP contribution in [0.2, 0.25) is 10.0 Å². The Hall–Kier alpha value is -2.01. The van der Waals surface area contributed by atoms with E-state index in [2.05, 4.69) is 22.0 Å². The summed E-state index contributed by atoms with van der Waals surface area (Å²) in [5.41, 5.74) is 4.26. The molecule has 0 saturated carbocycles. The third-order valence-corrected chi connectivity index (χ3v) is 5.25. The molecule has 0 fully saturated rings. The number of benzene rings is 2. The van der Waals surface area contributed by atoms with Gasteiger partial charge in [0, 0.05) is 39.7 Å². The van der Waals surface area contributed by atoms with Crippen molar-refractivity contribution in [2.24, 2.45) is 0 Å². The molecule has 3 rings (SSSR count). The highest BCUT2D eigenvalue weighted by Crippen LogP contribution is 2.29. The van der Waals surface area contributed by atoms with E-state index in [0.29, 0.717) is 23.1 Å². The Morgan fingerprint density at radius 3 is 2.65 bits per heavy atom. The summed E-state index contributed by atoms with van der Waals surface area (Å²) >= 11 is 12.4. The van der Waals surface area contributed by atoms with Crippen LogP contribution in [-0.2, 0) is 17.9 Å². The van der Waals surface area contributed by atoms with E-state index in [1.54, 1.807) is 13.0 Å². The van der Waals surface area contributed by atoms with E-state index in [9.17, 15) is 4.79 Å². The molecule has 0 spiro atoms. The number of aromatic nitrogens is 1. The van der Waals surface area contributed by atoms with E-state index in [1.807, 2.05) is 31.2 Å². The van der Waals surface area contributed by atoms with Gasteiger partial charge < -0.3 is 15.0 Å². The zero-order valence-electron chi connectivity index (χ0n) is 14.6. The molecule has 0 saturated heterocycles. The van der Waals surface area contributed by atoms with Crippen LogP contribution in [0.4, 0.5) is 0 Å². The van der Waals surface area contributed by atoms with Crippen LogP contribution >= 0.6 is 23.2 Å². The lowest BCUT2D eigenvalue weighted by molar-refractivity contribution is -0.139. The number of fused-ring (bicyclic) bond motifs is 1. The van der Waals surface area contributed by atoms with Crippen LogP contribution in [0, 0.1) is 6.92 Å². The zero-order chi connectivity index (χ0) is 18.8. The zero-order valence-corrected chi connectivity index (χ0v) is 16.1. The third kappa shape index (κ3) is 3.73. The molecule has 0 aliphatic carbocycles. The molecule has 3 aromatic rings. The van der Waals surface area contributed by atoms with E-state index >= 15 is 0 Å². The number of hydrogen-bond donors (Lipinski definition) is 2. The SMILES string of the molecule is Cc1c(CNC(C)C(=O)O)c2ccccc2n1Cc1ccc(Cl)cc1Cl. The first-order valence-electron chi connectivity index (χ1n) is 8.35. The lowest BCUT2D eigenvalue weighted by Gasteiger charge is -2.12. The lowest BCUT2D eigenvalue weighted by Crippen LogP contribution is -2.33. The van der Waals surface area contributed by atoms with Gasteiger partial charge in [-0.15, -0.1) is 0 Å². The molecule has 1 heterocycles. The van der Waals surface area contributed by atoms with Gasteiger partial charge in [0.2, 0.25) is 0 Å². The van der Waals surface area contributed by atoms with Crippen molar-refractivity contribution in [3.8, 4) is 0 Å². The second-order valence-corrected chi connectivity index (χ2v) is 7.19. The lowest BCUT2D eigenvalue weighted by atomic mass is 10.1. The first kappa shape index (κ1) is 18.8. The van der Waals surface area contributed by atoms with Crippen molar-refractivity contribution in [3.63, 3.8) is 0 Å². The summed E-state index contributed by atoms with van der Waals surface area (Å²) in [7, 11) is 0. The highest BCUT2D eigenvalue weighted by molar-refractivity contribution is 6.35. The van der Waals surface area contributed by atoms with Crippen LogP contribution in [0.1, 0.15) is 23.7 Å². The average molecular weight is 391 g/mol. The predicted molar refractivity (Wildman–Crippen MR) is 106 cm³/mol. The van der Waals surface area contributed by atoms with E-state index < -0.39 is 12.0 Å². The van der Waals surface area contributed by atoms with Gasteiger partial charge in [-0.05, 0) is 43.2 Å². The molecule has 0 aliphatic heterocycles. The number of halogens is 2. The topological polar surface area (TPSA) is 54.3 Å². The van der Waals surface area contributed by atoms with Gasteiger partial charge in [-0.3, -0.25) is 4.79 Å². The van der Waals surface area contributed by atoms with Crippen LogP contribution < -0.4 is 5.32 Å². The third-order valence-electron chi connectivity index (χ3n) is 4.66. The molecule has 1 atom stereocenters. The Labute approximate surface area is 162 Å². The fourth-order valence-corrected chi connectivity index (χ4v) is 3.56. The standard InChI is InChI=1S/C20H20Cl2N2O2/c1-12(20(25)26)23-10-17-13(2)24(19-6-4-3-5-16(17)19)11-14-7-8-15(21)9-18(14)22/h3-9,12,23H,10-11H2,1-2H3,(H,25,26). The van der Waals surface area contributed by atoms with Gasteiger partial charge in [0.05, 0.1) is 0 Å². The summed E-state index contributed by atoms with van der Waals surface area (Å²) in [4.78, 5) is 11.1. The van der Waals surface area contributed by atoms with Crippen LogP contribution in [0.5, 0.6) is 0 Å². The second-order valence-electron chi connectivity index (χ2n) is 6.34. The molecule has 0 amide bonds. The smallest absolute Gasteiger partial charge is 0.320 e. The number of carboxylic acids is 1. The summed E-state index contributed by atoms with van der Waals surface area (Å²) in [6, 6.07) is 13.0. The van der Waals surface area contributed by atoms with Crippen molar-refractivity contribution in [1.82, 2.24) is 9.88 Å². The number of nitrogens with zero attached hydrogens (tertiary/aromatic N) is 1. The minimum Gasteiger partial charge on any atom is -0.480 e. The molecule has 0 bridgehead atoms. The summed E-state index contributed by atoms with van der Waals surface area (Å²) in [5.74, 6) is -0.862. The number of para-hydroxylation sites is 1. The van der Waals surface area contributed by atoms with Crippen LogP contribution in [-0.4, -0.2) is 21.7 Å². The minimum absolute atomic E-state index is 0.487. The molecular weight excluding hydrogens is 371 g/mol. The van der Waals surface area contributed by atoms with Gasteiger partial charge >= 0.3 is 5.97 Å². The van der Waals surface area contributed by atoms with Crippen LogP contribution in [0.25, 0.3) is 10.9 Å². The number of carbonyl (C=O) groups is 1. The normalized spacial score (nSPS) is 12.5. The molecule has 1 unspecified atom stereocenters. The fraction of sp³-hybridized carbons (Fsp3) is 0.250. The van der Waals surface area contributed by atoms with Crippen molar-refractivity contribution in [1.29, 1.82) is 0 Å². The van der Waals surface area contributed by atoms with Gasteiger partial charge in [0.25, 0.3) is 0 Å². The second kappa shape index (κ2) is 7.70. The Kier molecular flexibility index (Phi) is 5.56. The predicted octanol–water partition coefficient (Wildman–Crippen LogP) is 4.87. The van der Waals surface area contributed by atoms with Gasteiger partial charge in [-0.25, -0.2) is 0 Å². The van der Waals surface area contributed by atoms with Crippen molar-refractivity contribution in [2.45, 2.75) is 33.0 Å². The number of rotatable bonds is 6. The highest BCUT2D eigenvalue weighted by Gasteiger charge is 2.17. The van der Waals surface area contributed by atoms with Crippen molar-refractivity contribution in [3.05, 3.63) is 69.3 Å². The van der Waals surface area contributed by atoms with Gasteiger partial charge in [-0.2, -0.15) is 0 Å².